The van der Waals surface area contributed by atoms with Gasteiger partial charge in [0.25, 0.3) is 5.91 Å². The second-order valence-electron chi connectivity index (χ2n) is 10.5. The van der Waals surface area contributed by atoms with E-state index in [0.29, 0.717) is 24.9 Å². The van der Waals surface area contributed by atoms with E-state index < -0.39 is 35.6 Å². The van der Waals surface area contributed by atoms with Gasteiger partial charge in [-0.3, -0.25) is 14.4 Å². The smallest absolute Gasteiger partial charge is 0.312 e. The molecule has 0 saturated carbocycles. The van der Waals surface area contributed by atoms with Crippen molar-refractivity contribution in [2.45, 2.75) is 55.7 Å². The number of halogens is 1. The Morgan fingerprint density at radius 3 is 2.45 bits per heavy atom. The fraction of sp³-hybridized carbons (Fsp3) is 0.567. The van der Waals surface area contributed by atoms with Crippen molar-refractivity contribution in [1.29, 1.82) is 0 Å². The standard InChI is InChI=1S/C30H40BrN3O6/c1-5-15-33(21-13-11-20(12-14-21)32(7-3)8-4)28(37)26-30-19-22(31)25(40-30)23(29(38)39-18-6-2)24(30)27(36)34(26)16-9-10-17-35/h5-6,11-14,22-26,35H,1-2,7-10,15-19H2,3-4H3/t22?,23-,24+,25-,26?,30?/m1/s1. The lowest BCUT2D eigenvalue weighted by atomic mass is 9.70. The van der Waals surface area contributed by atoms with Crippen LogP contribution in [0.15, 0.2) is 49.6 Å². The van der Waals surface area contributed by atoms with Crippen LogP contribution in [0.5, 0.6) is 0 Å². The third-order valence-electron chi connectivity index (χ3n) is 8.31. The number of likely N-dealkylation sites (tertiary alicyclic amines) is 1. The van der Waals surface area contributed by atoms with E-state index >= 15 is 0 Å². The molecule has 0 aromatic heterocycles. The van der Waals surface area contributed by atoms with Crippen LogP contribution in [0.25, 0.3) is 0 Å². The molecule has 1 aromatic carbocycles. The Balaban J connectivity index is 1.73. The van der Waals surface area contributed by atoms with Gasteiger partial charge in [0.2, 0.25) is 5.91 Å². The molecule has 1 N–H and O–H groups in total. The number of amides is 2. The van der Waals surface area contributed by atoms with E-state index in [1.54, 1.807) is 15.9 Å². The number of hydrogen-bond donors (Lipinski definition) is 1. The monoisotopic (exact) mass is 617 g/mol. The topological polar surface area (TPSA) is 99.6 Å². The summed E-state index contributed by atoms with van der Waals surface area (Å²) in [5.74, 6) is -2.75. The minimum Gasteiger partial charge on any atom is -0.461 e. The molecule has 3 unspecified atom stereocenters. The van der Waals surface area contributed by atoms with Gasteiger partial charge in [-0.1, -0.05) is 34.7 Å². The van der Waals surface area contributed by atoms with Crippen LogP contribution in [0.4, 0.5) is 11.4 Å². The maximum absolute atomic E-state index is 14.5. The van der Waals surface area contributed by atoms with Crippen molar-refractivity contribution in [3.05, 3.63) is 49.6 Å². The highest BCUT2D eigenvalue weighted by molar-refractivity contribution is 9.09. The molecule has 1 spiro atoms. The molecule has 1 aromatic rings. The van der Waals surface area contributed by atoms with Crippen molar-refractivity contribution < 1.29 is 29.0 Å². The molecular weight excluding hydrogens is 578 g/mol. The summed E-state index contributed by atoms with van der Waals surface area (Å²) in [4.78, 5) is 46.9. The Bertz CT molecular complexity index is 1110. The van der Waals surface area contributed by atoms with Gasteiger partial charge in [0.15, 0.2) is 0 Å². The Morgan fingerprint density at radius 1 is 1.18 bits per heavy atom. The van der Waals surface area contributed by atoms with Gasteiger partial charge in [0, 0.05) is 49.0 Å². The number of rotatable bonds is 14. The molecule has 4 rings (SSSR count). The number of aliphatic hydroxyl groups excluding tert-OH is 1. The first-order valence-corrected chi connectivity index (χ1v) is 15.0. The van der Waals surface area contributed by atoms with E-state index in [9.17, 15) is 19.5 Å². The van der Waals surface area contributed by atoms with Crippen LogP contribution in [0.3, 0.4) is 0 Å². The zero-order valence-corrected chi connectivity index (χ0v) is 24.9. The quantitative estimate of drug-likeness (QED) is 0.148. The average molecular weight is 619 g/mol. The fourth-order valence-corrected chi connectivity index (χ4v) is 7.52. The van der Waals surface area contributed by atoms with E-state index in [0.717, 1.165) is 18.8 Å². The largest absolute Gasteiger partial charge is 0.461 e. The summed E-state index contributed by atoms with van der Waals surface area (Å²) in [6, 6.07) is 6.86. The second-order valence-corrected chi connectivity index (χ2v) is 11.6. The van der Waals surface area contributed by atoms with Gasteiger partial charge in [0.1, 0.15) is 18.2 Å². The Kier molecular flexibility index (Phi) is 9.74. The molecular formula is C30H40BrN3O6. The van der Waals surface area contributed by atoms with Gasteiger partial charge < -0.3 is 29.3 Å². The van der Waals surface area contributed by atoms with Crippen molar-refractivity contribution in [1.82, 2.24) is 4.90 Å². The predicted molar refractivity (Wildman–Crippen MR) is 157 cm³/mol. The van der Waals surface area contributed by atoms with Gasteiger partial charge >= 0.3 is 5.97 Å². The summed E-state index contributed by atoms with van der Waals surface area (Å²) < 4.78 is 11.9. The van der Waals surface area contributed by atoms with Gasteiger partial charge in [-0.05, 0) is 57.4 Å². The van der Waals surface area contributed by atoms with Crippen molar-refractivity contribution >= 4 is 45.1 Å². The van der Waals surface area contributed by atoms with Crippen molar-refractivity contribution in [2.75, 3.05) is 49.2 Å². The van der Waals surface area contributed by atoms with E-state index in [2.05, 4.69) is 47.8 Å². The maximum atomic E-state index is 14.5. The van der Waals surface area contributed by atoms with Gasteiger partial charge in [-0.15, -0.1) is 6.58 Å². The summed E-state index contributed by atoms with van der Waals surface area (Å²) in [5.41, 5.74) is 0.569. The number of fused-ring (bicyclic) bond motifs is 1. The summed E-state index contributed by atoms with van der Waals surface area (Å²) in [6.07, 6.45) is 3.98. The normalized spacial score (nSPS) is 28.4. The van der Waals surface area contributed by atoms with Crippen LogP contribution in [-0.4, -0.2) is 89.8 Å². The number of benzene rings is 1. The molecule has 3 fully saturated rings. The zero-order chi connectivity index (χ0) is 29.0. The highest BCUT2D eigenvalue weighted by Crippen LogP contribution is 2.60. The molecule has 3 aliphatic rings. The SMILES string of the molecule is C=CCOC(=O)[C@H]1[C@@H]2OC3(CC2Br)C(C(=O)N(CC=C)c2ccc(N(CC)CC)cc2)N(CCCCO)C(=O)[C@H]13. The molecule has 9 nitrogen and oxygen atoms in total. The number of unbranched alkanes of at least 4 members (excludes halogenated alkanes) is 1. The first-order valence-electron chi connectivity index (χ1n) is 14.1. The lowest BCUT2D eigenvalue weighted by Crippen LogP contribution is -2.57. The molecule has 3 aliphatic heterocycles. The molecule has 0 aliphatic carbocycles. The van der Waals surface area contributed by atoms with Crippen LogP contribution in [-0.2, 0) is 23.9 Å². The van der Waals surface area contributed by atoms with E-state index in [1.807, 2.05) is 24.3 Å². The molecule has 2 amide bonds. The molecule has 6 atom stereocenters. The number of ether oxygens (including phenoxy) is 2. The maximum Gasteiger partial charge on any atom is 0.312 e. The van der Waals surface area contributed by atoms with Gasteiger partial charge in [-0.2, -0.15) is 0 Å². The number of aliphatic hydroxyl groups is 1. The van der Waals surface area contributed by atoms with Crippen LogP contribution >= 0.6 is 15.9 Å². The minimum atomic E-state index is -1.18. The first-order chi connectivity index (χ1) is 19.3. The summed E-state index contributed by atoms with van der Waals surface area (Å²) in [5, 5.41) is 9.39. The summed E-state index contributed by atoms with van der Waals surface area (Å²) in [7, 11) is 0. The number of carbonyl (C=O) groups is 3. The van der Waals surface area contributed by atoms with E-state index in [1.165, 1.54) is 6.08 Å². The third kappa shape index (κ3) is 5.21. The fourth-order valence-electron chi connectivity index (χ4n) is 6.58. The molecule has 3 saturated heterocycles. The van der Waals surface area contributed by atoms with E-state index in [-0.39, 0.29) is 42.9 Å². The molecule has 218 valence electrons. The lowest BCUT2D eigenvalue weighted by molar-refractivity contribution is -0.153. The van der Waals surface area contributed by atoms with Crippen LogP contribution < -0.4 is 9.80 Å². The number of carbonyl (C=O) groups excluding carboxylic acids is 3. The number of alkyl halides is 1. The van der Waals surface area contributed by atoms with Crippen molar-refractivity contribution in [2.24, 2.45) is 11.8 Å². The second kappa shape index (κ2) is 12.9. The van der Waals surface area contributed by atoms with Crippen LogP contribution in [0, 0.1) is 11.8 Å². The van der Waals surface area contributed by atoms with Crippen molar-refractivity contribution in [3.8, 4) is 0 Å². The highest BCUT2D eigenvalue weighted by atomic mass is 79.9. The molecule has 40 heavy (non-hydrogen) atoms. The highest BCUT2D eigenvalue weighted by Gasteiger charge is 2.77. The van der Waals surface area contributed by atoms with E-state index in [4.69, 9.17) is 9.47 Å². The lowest BCUT2D eigenvalue weighted by Gasteiger charge is -2.37. The summed E-state index contributed by atoms with van der Waals surface area (Å²) in [6.45, 7) is 13.9. The minimum absolute atomic E-state index is 0.0186. The third-order valence-corrected chi connectivity index (χ3v) is 9.16. The Labute approximate surface area is 244 Å². The molecule has 2 bridgehead atoms. The summed E-state index contributed by atoms with van der Waals surface area (Å²) >= 11 is 3.67. The number of nitrogens with zero attached hydrogens (tertiary/aromatic N) is 3. The van der Waals surface area contributed by atoms with Crippen LogP contribution in [0.2, 0.25) is 0 Å². The van der Waals surface area contributed by atoms with Crippen LogP contribution in [0.1, 0.15) is 33.1 Å². The van der Waals surface area contributed by atoms with Crippen molar-refractivity contribution in [3.63, 3.8) is 0 Å². The zero-order valence-electron chi connectivity index (χ0n) is 23.3. The average Bonchev–Trinajstić information content (AvgIpc) is 3.54. The Hall–Kier alpha value is -2.69. The molecule has 10 heteroatoms. The Morgan fingerprint density at radius 2 is 1.85 bits per heavy atom. The predicted octanol–water partition coefficient (Wildman–Crippen LogP) is 3.30. The van der Waals surface area contributed by atoms with Gasteiger partial charge in [0.05, 0.1) is 17.9 Å². The molecule has 3 heterocycles. The number of hydrogen-bond acceptors (Lipinski definition) is 7. The number of anilines is 2. The number of esters is 1. The van der Waals surface area contributed by atoms with Gasteiger partial charge in [-0.25, -0.2) is 0 Å². The first kappa shape index (κ1) is 30.3. The molecule has 0 radical (unpaired) electrons.